The van der Waals surface area contributed by atoms with Crippen LogP contribution in [0.1, 0.15) is 56.9 Å². The number of ketones is 1. The number of hydrogen-bond donors (Lipinski definition) is 0. The van der Waals surface area contributed by atoms with Crippen LogP contribution in [-0.4, -0.2) is 27.8 Å². The number of rotatable bonds is 4. The lowest BCUT2D eigenvalue weighted by molar-refractivity contribution is -0.0585. The lowest BCUT2D eigenvalue weighted by Gasteiger charge is -2.42. The summed E-state index contributed by atoms with van der Waals surface area (Å²) in [6, 6.07) is 1.78. The van der Waals surface area contributed by atoms with Gasteiger partial charge in [0.2, 0.25) is 5.78 Å². The first kappa shape index (κ1) is 14.3. The van der Waals surface area contributed by atoms with Gasteiger partial charge in [-0.05, 0) is 44.1 Å². The molecule has 1 aliphatic carbocycles. The van der Waals surface area contributed by atoms with Crippen molar-refractivity contribution in [2.45, 2.75) is 52.1 Å². The molecule has 106 valence electrons. The van der Waals surface area contributed by atoms with Gasteiger partial charge in [-0.2, -0.15) is 5.10 Å². The highest BCUT2D eigenvalue weighted by Gasteiger charge is 2.45. The third-order valence-corrected chi connectivity index (χ3v) is 4.30. The molecule has 2 rings (SSSR count). The van der Waals surface area contributed by atoms with Crippen molar-refractivity contribution < 1.29 is 9.53 Å². The molecule has 0 radical (unpaired) electrons. The van der Waals surface area contributed by atoms with Gasteiger partial charge in [0.05, 0.1) is 0 Å². The van der Waals surface area contributed by atoms with E-state index < -0.39 is 5.60 Å². The van der Waals surface area contributed by atoms with E-state index in [2.05, 4.69) is 18.9 Å². The van der Waals surface area contributed by atoms with Crippen LogP contribution in [0.5, 0.6) is 0 Å². The van der Waals surface area contributed by atoms with E-state index in [4.69, 9.17) is 4.74 Å². The van der Waals surface area contributed by atoms with Crippen LogP contribution in [0, 0.1) is 5.41 Å². The number of nitrogens with zero attached hydrogens (tertiary/aromatic N) is 2. The smallest absolute Gasteiger partial charge is 0.212 e. The van der Waals surface area contributed by atoms with E-state index in [1.807, 2.05) is 6.92 Å². The van der Waals surface area contributed by atoms with Gasteiger partial charge in [0.25, 0.3) is 0 Å². The average Bonchev–Trinajstić information content (AvgIpc) is 2.78. The molecule has 1 aromatic heterocycles. The SMILES string of the molecule is CCOC1(C(=O)c2ccnn2C)CCC(C)(C)CC1. The summed E-state index contributed by atoms with van der Waals surface area (Å²) in [5.74, 6) is 0.0878. The predicted octanol–water partition coefficient (Wildman–Crippen LogP) is 2.98. The summed E-state index contributed by atoms with van der Waals surface area (Å²) in [6.45, 7) is 7.05. The van der Waals surface area contributed by atoms with Crippen LogP contribution in [-0.2, 0) is 11.8 Å². The highest BCUT2D eigenvalue weighted by atomic mass is 16.5. The molecule has 1 aromatic rings. The quantitative estimate of drug-likeness (QED) is 0.785. The zero-order valence-corrected chi connectivity index (χ0v) is 12.4. The Morgan fingerprint density at radius 3 is 2.47 bits per heavy atom. The van der Waals surface area contributed by atoms with Crippen molar-refractivity contribution in [1.29, 1.82) is 0 Å². The lowest BCUT2D eigenvalue weighted by Crippen LogP contribution is -2.47. The summed E-state index contributed by atoms with van der Waals surface area (Å²) in [5.41, 5.74) is 0.318. The minimum atomic E-state index is -0.641. The maximum Gasteiger partial charge on any atom is 0.212 e. The second-order valence-corrected chi connectivity index (χ2v) is 6.26. The lowest BCUT2D eigenvalue weighted by atomic mass is 9.69. The fourth-order valence-electron chi connectivity index (χ4n) is 2.87. The third-order valence-electron chi connectivity index (χ3n) is 4.30. The fraction of sp³-hybridized carbons (Fsp3) is 0.733. The largest absolute Gasteiger partial charge is 0.367 e. The molecule has 4 nitrogen and oxygen atoms in total. The van der Waals surface area contributed by atoms with E-state index in [0.29, 0.717) is 17.7 Å². The van der Waals surface area contributed by atoms with E-state index in [0.717, 1.165) is 25.7 Å². The van der Waals surface area contributed by atoms with Gasteiger partial charge < -0.3 is 4.74 Å². The number of carbonyl (C=O) groups is 1. The number of Topliss-reactive ketones (excluding diaryl/α,β-unsaturated/α-hetero) is 1. The molecule has 0 amide bonds. The van der Waals surface area contributed by atoms with Gasteiger partial charge in [-0.1, -0.05) is 13.8 Å². The Labute approximate surface area is 115 Å². The molecule has 1 fully saturated rings. The Hall–Kier alpha value is -1.16. The molecular weight excluding hydrogens is 240 g/mol. The Morgan fingerprint density at radius 2 is 2.00 bits per heavy atom. The molecule has 19 heavy (non-hydrogen) atoms. The Kier molecular flexibility index (Phi) is 3.81. The van der Waals surface area contributed by atoms with Gasteiger partial charge in [-0.15, -0.1) is 0 Å². The molecule has 1 heterocycles. The summed E-state index contributed by atoms with van der Waals surface area (Å²) in [7, 11) is 1.81. The minimum absolute atomic E-state index is 0.0878. The Bertz CT molecular complexity index is 452. The third kappa shape index (κ3) is 2.73. The van der Waals surface area contributed by atoms with Crippen molar-refractivity contribution >= 4 is 5.78 Å². The maximum absolute atomic E-state index is 12.8. The molecule has 0 bridgehead atoms. The van der Waals surface area contributed by atoms with Crippen LogP contribution < -0.4 is 0 Å². The normalized spacial score (nSPS) is 21.3. The summed E-state index contributed by atoms with van der Waals surface area (Å²) < 4.78 is 7.56. The molecule has 4 heteroatoms. The van der Waals surface area contributed by atoms with Crippen molar-refractivity contribution in [3.8, 4) is 0 Å². The highest BCUT2D eigenvalue weighted by molar-refractivity contribution is 6.01. The van der Waals surface area contributed by atoms with Crippen LogP contribution in [0.3, 0.4) is 0 Å². The van der Waals surface area contributed by atoms with Crippen LogP contribution in [0.25, 0.3) is 0 Å². The fourth-order valence-corrected chi connectivity index (χ4v) is 2.87. The highest BCUT2D eigenvalue weighted by Crippen LogP contribution is 2.43. The molecule has 0 aliphatic heterocycles. The number of hydrogen-bond acceptors (Lipinski definition) is 3. The summed E-state index contributed by atoms with van der Waals surface area (Å²) in [6.07, 6.45) is 5.32. The van der Waals surface area contributed by atoms with Crippen molar-refractivity contribution in [3.05, 3.63) is 18.0 Å². The number of aryl methyl sites for hydroxylation is 1. The molecule has 1 saturated carbocycles. The first-order chi connectivity index (χ1) is 8.90. The van der Waals surface area contributed by atoms with Crippen LogP contribution in [0.15, 0.2) is 12.3 Å². The molecule has 0 atom stereocenters. The van der Waals surface area contributed by atoms with Gasteiger partial charge in [0.1, 0.15) is 11.3 Å². The molecular formula is C15H24N2O2. The van der Waals surface area contributed by atoms with Crippen LogP contribution in [0.4, 0.5) is 0 Å². The van der Waals surface area contributed by atoms with Crippen molar-refractivity contribution in [2.24, 2.45) is 12.5 Å². The van der Waals surface area contributed by atoms with E-state index in [1.165, 1.54) is 0 Å². The van der Waals surface area contributed by atoms with Crippen LogP contribution in [0.2, 0.25) is 0 Å². The zero-order chi connectivity index (χ0) is 14.1. The van der Waals surface area contributed by atoms with Gasteiger partial charge >= 0.3 is 0 Å². The standard InChI is InChI=1S/C15H24N2O2/c1-5-19-15(9-7-14(2,3)8-10-15)13(18)12-6-11-16-17(12)4/h6,11H,5,7-10H2,1-4H3. The second-order valence-electron chi connectivity index (χ2n) is 6.26. The van der Waals surface area contributed by atoms with Crippen molar-refractivity contribution in [1.82, 2.24) is 9.78 Å². The monoisotopic (exact) mass is 264 g/mol. The maximum atomic E-state index is 12.8. The van der Waals surface area contributed by atoms with E-state index in [9.17, 15) is 4.79 Å². The molecule has 0 unspecified atom stereocenters. The Morgan fingerprint density at radius 1 is 1.37 bits per heavy atom. The number of ether oxygens (including phenoxy) is 1. The summed E-state index contributed by atoms with van der Waals surface area (Å²) in [5, 5.41) is 4.09. The van der Waals surface area contributed by atoms with E-state index >= 15 is 0 Å². The van der Waals surface area contributed by atoms with Crippen molar-refractivity contribution in [2.75, 3.05) is 6.61 Å². The molecule has 1 aliphatic rings. The minimum Gasteiger partial charge on any atom is -0.367 e. The van der Waals surface area contributed by atoms with Crippen molar-refractivity contribution in [3.63, 3.8) is 0 Å². The van der Waals surface area contributed by atoms with Gasteiger partial charge in [0, 0.05) is 19.9 Å². The van der Waals surface area contributed by atoms with Crippen LogP contribution >= 0.6 is 0 Å². The topological polar surface area (TPSA) is 44.1 Å². The van der Waals surface area contributed by atoms with E-state index in [-0.39, 0.29) is 5.78 Å². The predicted molar refractivity (Wildman–Crippen MR) is 74.1 cm³/mol. The molecule has 0 saturated heterocycles. The molecule has 0 N–H and O–H groups in total. The summed E-state index contributed by atoms with van der Waals surface area (Å²) in [4.78, 5) is 12.8. The second kappa shape index (κ2) is 5.08. The average molecular weight is 264 g/mol. The Balaban J connectivity index is 2.26. The van der Waals surface area contributed by atoms with Gasteiger partial charge in [-0.25, -0.2) is 0 Å². The molecule has 0 spiro atoms. The molecule has 0 aromatic carbocycles. The summed E-state index contributed by atoms with van der Waals surface area (Å²) >= 11 is 0. The number of aromatic nitrogens is 2. The van der Waals surface area contributed by atoms with Gasteiger partial charge in [0.15, 0.2) is 0 Å². The van der Waals surface area contributed by atoms with Gasteiger partial charge in [-0.3, -0.25) is 9.48 Å². The first-order valence-corrected chi connectivity index (χ1v) is 7.07. The zero-order valence-electron chi connectivity index (χ0n) is 12.4. The van der Waals surface area contributed by atoms with E-state index in [1.54, 1.807) is 24.0 Å². The first-order valence-electron chi connectivity index (χ1n) is 7.07. The number of carbonyl (C=O) groups excluding carboxylic acids is 1.